The molecule has 10 unspecified atom stereocenters. The number of hydrogen-bond acceptors (Lipinski definition) is 30. The number of ether oxygens (including phenoxy) is 6. The Morgan fingerprint density at radius 2 is 0.769 bits per heavy atom. The number of nitrogens with two attached hydrogens (primary N) is 1. The van der Waals surface area contributed by atoms with Gasteiger partial charge in [0.25, 0.3) is 0 Å². The molecule has 6 aliphatic rings. The first-order valence-electron chi connectivity index (χ1n) is 45.2. The van der Waals surface area contributed by atoms with Crippen molar-refractivity contribution in [3.63, 3.8) is 0 Å². The Morgan fingerprint density at radius 3 is 1.12 bits per heavy atom. The molecule has 0 spiro atoms. The zero-order chi connectivity index (χ0) is 98.9. The van der Waals surface area contributed by atoms with Gasteiger partial charge in [0.1, 0.15) is 6.10 Å². The Balaban J connectivity index is 0.000000345. The van der Waals surface area contributed by atoms with Crippen LogP contribution >= 0.6 is 112 Å². The van der Waals surface area contributed by atoms with Crippen molar-refractivity contribution in [1.29, 1.82) is 0 Å². The van der Waals surface area contributed by atoms with E-state index >= 15 is 0 Å². The number of fused-ring (bicyclic) bond motifs is 6. The summed E-state index contributed by atoms with van der Waals surface area (Å²) in [4.78, 5) is 48.8. The van der Waals surface area contributed by atoms with Gasteiger partial charge < -0.3 is 54.2 Å². The zero-order valence-electron chi connectivity index (χ0n) is 77.3. The summed E-state index contributed by atoms with van der Waals surface area (Å²) in [6, 6.07) is 58.4. The number of carbonyl (C=O) groups is 2. The normalized spacial score (nSPS) is 18.0. The number of carbonyl (C=O) groups excluding carboxylic acids is 2. The molecule has 40 heteroatoms. The van der Waals surface area contributed by atoms with Crippen LogP contribution in [0, 0.1) is 0 Å². The number of rotatable bonds is 29. The van der Waals surface area contributed by atoms with Gasteiger partial charge >= 0.3 is 99.9 Å². The first-order chi connectivity index (χ1) is 66.8. The number of nitrogens with zero attached hydrogens (tertiary/aromatic N) is 6. The maximum atomic E-state index is 12.4. The molecule has 6 fully saturated rings. The second kappa shape index (κ2) is 72.1. The van der Waals surface area contributed by atoms with Crippen molar-refractivity contribution in [2.24, 2.45) is 5.90 Å². The molecule has 782 valence electrons. The fourth-order valence-electron chi connectivity index (χ4n) is 15.6. The third-order valence-corrected chi connectivity index (χ3v) is 29.9. The third-order valence-electron chi connectivity index (χ3n) is 22.3. The van der Waals surface area contributed by atoms with Gasteiger partial charge in [0, 0.05) is 153 Å². The number of ketones is 1. The van der Waals surface area contributed by atoms with Crippen LogP contribution in [0.1, 0.15) is 160 Å². The van der Waals surface area contributed by atoms with Crippen LogP contribution in [0.25, 0.3) is 65.4 Å². The number of nitrogens with one attached hydrogen (secondary N) is 1. The summed E-state index contributed by atoms with van der Waals surface area (Å²) in [6.07, 6.45) is 21.9. The third kappa shape index (κ3) is 48.0. The van der Waals surface area contributed by atoms with Crippen LogP contribution in [0.5, 0.6) is 0 Å². The summed E-state index contributed by atoms with van der Waals surface area (Å²) in [5.74, 6) is 6.67. The van der Waals surface area contributed by atoms with Crippen molar-refractivity contribution >= 4 is 227 Å². The quantitative estimate of drug-likeness (QED) is 0.0130. The van der Waals surface area contributed by atoms with Gasteiger partial charge in [-0.3, -0.25) is 39.5 Å². The van der Waals surface area contributed by atoms with Crippen LogP contribution in [-0.2, 0) is 112 Å². The summed E-state index contributed by atoms with van der Waals surface area (Å²) < 4.78 is 106. The van der Waals surface area contributed by atoms with Gasteiger partial charge in [-0.15, -0.1) is 11.8 Å². The molecule has 0 saturated carbocycles. The molecule has 12 aromatic rings. The zero-order valence-corrected chi connectivity index (χ0v) is 94.4. The number of hydroxylamine groups is 1. The first-order valence-corrected chi connectivity index (χ1v) is 75.4. The van der Waals surface area contributed by atoms with Crippen molar-refractivity contribution in [2.75, 3.05) is 62.7 Å². The van der Waals surface area contributed by atoms with Crippen LogP contribution in [0.3, 0.4) is 0 Å². The molecule has 27 nitrogen and oxygen atoms in total. The summed E-state index contributed by atoms with van der Waals surface area (Å²) >= 11 is 14.7. The Labute approximate surface area is 918 Å². The van der Waals surface area contributed by atoms with E-state index in [1.807, 2.05) is 177 Å². The molecule has 6 saturated heterocycles. The van der Waals surface area contributed by atoms with Gasteiger partial charge in [-0.05, 0) is 196 Å². The van der Waals surface area contributed by atoms with E-state index in [0.717, 1.165) is 185 Å². The monoisotopic (exact) mass is 2680 g/mol. The van der Waals surface area contributed by atoms with Gasteiger partial charge in [0.15, 0.2) is 40.4 Å². The van der Waals surface area contributed by atoms with E-state index in [2.05, 4.69) is 149 Å². The molecule has 8 N–H and O–H groups in total. The SMILES string of the molecule is C.C.C.C.CC(=O)SCc1cnc2ccccc2c1.CCC(O)C1CCCO1.I[I-]I.NO.O=C(CSCc1cnc2ccccc2c1)C1CCCO1.O=S(=O)(/C=C\C1CCCO1)Cc1cnc2ccccc2c1.O=S(=O)(Cc1cnc2ccccc2c1)CC(NO)C1CCCO1.O=S(=O)(Cc1cnc2ccccc2c1)CC(O)C1CCCO1.OC(CSCc1cnc2ccccc2c1)C1CCCO1.[B].[I][V][I]. The molecule has 0 amide bonds. The Bertz CT molecular complexity index is 6090. The summed E-state index contributed by atoms with van der Waals surface area (Å²) in [5.41, 5.74) is 13.1. The fourth-order valence-corrected chi connectivity index (χ4v) is 22.2. The number of thioether (sulfide) groups is 3. The van der Waals surface area contributed by atoms with Gasteiger partial charge in [0.2, 0.25) is 0 Å². The van der Waals surface area contributed by atoms with Gasteiger partial charge in [-0.25, -0.2) is 31.2 Å². The van der Waals surface area contributed by atoms with Crippen LogP contribution in [0.4, 0.5) is 0 Å². The topological polar surface area (TPSA) is 408 Å². The number of aliphatic hydroxyl groups is 3. The van der Waals surface area contributed by atoms with Crippen molar-refractivity contribution in [3.05, 3.63) is 264 Å². The van der Waals surface area contributed by atoms with E-state index in [-0.39, 0.29) is 127 Å². The van der Waals surface area contributed by atoms with Crippen LogP contribution in [0.15, 0.2) is 231 Å². The van der Waals surface area contributed by atoms with Crippen LogP contribution < -0.4 is 24.6 Å². The fraction of sp³-hybridized carbons (Fsp3) is 0.437. The minimum atomic E-state index is -3.41. The average Bonchev–Trinajstić information content (AvgIpc) is 1.68. The van der Waals surface area contributed by atoms with Gasteiger partial charge in [0.05, 0.1) is 122 Å². The molecule has 0 bridgehead atoms. The average molecular weight is 2680 g/mol. The molecule has 6 aromatic carbocycles. The Morgan fingerprint density at radius 1 is 0.455 bits per heavy atom. The predicted molar refractivity (Wildman–Crippen MR) is 612 cm³/mol. The Hall–Kier alpha value is -4.46. The number of aromatic nitrogens is 6. The molecule has 143 heavy (non-hydrogen) atoms. The van der Waals surface area contributed by atoms with Crippen molar-refractivity contribution in [3.8, 4) is 0 Å². The molecule has 0 aliphatic carbocycles. The predicted octanol–water partition coefficient (Wildman–Crippen LogP) is 18.4. The molecule has 12 heterocycles. The number of sulfone groups is 3. The summed E-state index contributed by atoms with van der Waals surface area (Å²) in [6.45, 7) is 7.83. The van der Waals surface area contributed by atoms with Gasteiger partial charge in [-0.1, -0.05) is 158 Å². The van der Waals surface area contributed by atoms with Crippen LogP contribution in [0.2, 0.25) is 0 Å². The van der Waals surface area contributed by atoms with Crippen molar-refractivity contribution in [1.82, 2.24) is 35.4 Å². The van der Waals surface area contributed by atoms with E-state index in [9.17, 15) is 55.4 Å². The molecule has 6 aromatic heterocycles. The molecule has 10 atom stereocenters. The van der Waals surface area contributed by atoms with E-state index in [4.69, 9.17) is 33.6 Å². The maximum absolute atomic E-state index is 12.4. The van der Waals surface area contributed by atoms with Crippen molar-refractivity contribution < 1.29 is 112 Å². The Kier molecular flexibility index (Phi) is 66.0. The number of para-hydroxylation sites is 6. The van der Waals surface area contributed by atoms with E-state index < -0.39 is 41.7 Å². The molecular formula is C103H136BI5N8O19S6V-. The molecular weight excluding hydrogens is 2540 g/mol. The number of hydrogen-bond donors (Lipinski definition) is 7. The van der Waals surface area contributed by atoms with Crippen LogP contribution in [-0.4, -0.2) is 224 Å². The van der Waals surface area contributed by atoms with E-state index in [0.29, 0.717) is 77.2 Å². The van der Waals surface area contributed by atoms with Gasteiger partial charge in [-0.2, -0.15) is 17.2 Å². The second-order valence-corrected chi connectivity index (χ2v) is 70.2. The number of aliphatic hydroxyl groups excluding tert-OH is 3. The molecule has 18 rings (SSSR count). The second-order valence-electron chi connectivity index (χ2n) is 32.9. The molecule has 6 aliphatic heterocycles. The first kappa shape index (κ1) is 131. The summed E-state index contributed by atoms with van der Waals surface area (Å²) in [5, 5.41) is 52.7. The number of pyridine rings is 6. The standard InChI is InChI=1S/C16H20N2O4S.C16H19NO4S.C16H17NO3S.C16H19NO2S.C16H17NO2S.C12H11NOS.C7H14O2.4CH4.B.I3.2HI.H3NO.V/c19-18-15(16-6-3-7-22-16)11-23(20,21)10-12-8-13-4-1-2-5-14(13)17-9-12;18-15(16-6-3-7-21-16)11-22(19,20)10-12-8-13-4-1-2-5-14(13)17-9-12;18-21(19,9-7-15-5-3-8-20-15)12-13-10-14-4-1-2-6-16(14)17-11-13;2*18-15(16-6-3-7-19-16)11-20-10-12-8-13-4-1-2-5-14(13)17-9-12;1-9(14)15-8-10-6-11-4-2-3-5-12(11)13-7-10;1-2-6(8)7-4-3-5-9-7;;;;;;1-3-2;;;1-2;/h1-2,4-5,8-9,15-16,18-19H,3,6-7,10-11H2;1-2,4-5,8-9,15-16,18H,3,6-7,10-11H2;1-2,4,6-7,9-11,15H,3,5,8,12H2;1-2,4-5,8-9,15-16,18H,3,6-7,10-11H2;1-2,4-5,8-9,16H,3,6-7,10-11H2;2-7H,8H2,1H3;6-8H,2-5H2,1H3;4*1H4;;;2*1H;2H,1H2;/q;;;;;;;;;;;;-1;;;;+2/p-2/b;;9-7-;;;;;;;;;;;;;;. The van der Waals surface area contributed by atoms with Crippen molar-refractivity contribution in [2.45, 2.75) is 223 Å². The number of Topliss-reactive ketones (excluding diaryl/α,β-unsaturated/α-hetero) is 1. The number of benzene rings is 6. The molecule has 3 radical (unpaired) electrons. The van der Waals surface area contributed by atoms with E-state index in [1.165, 1.54) is 28.1 Å². The number of halogens is 5. The summed E-state index contributed by atoms with van der Waals surface area (Å²) in [7, 11) is -9.47. The van der Waals surface area contributed by atoms with E-state index in [1.54, 1.807) is 55.1 Å². The minimum absolute atomic E-state index is 0.